The summed E-state index contributed by atoms with van der Waals surface area (Å²) in [6, 6.07) is 0. The first-order valence-electron chi connectivity index (χ1n) is 5.51. The smallest absolute Gasteiger partial charge is 0.354 e. The van der Waals surface area contributed by atoms with Crippen LogP contribution in [0.1, 0.15) is 6.42 Å². The van der Waals surface area contributed by atoms with Crippen molar-refractivity contribution in [3.05, 3.63) is 0 Å². The average Bonchev–Trinajstić information content (AvgIpc) is 2.50. The van der Waals surface area contributed by atoms with Gasteiger partial charge in [-0.1, -0.05) is 0 Å². The van der Waals surface area contributed by atoms with Crippen molar-refractivity contribution in [1.29, 1.82) is 0 Å². The third-order valence-corrected chi connectivity index (χ3v) is 5.15. The molecule has 7 heteroatoms. The van der Waals surface area contributed by atoms with Crippen LogP contribution in [0.15, 0.2) is 0 Å². The molecule has 1 nitrogen and oxygen atoms in total. The van der Waals surface area contributed by atoms with Crippen LogP contribution in [0.3, 0.4) is 0 Å². The molecule has 0 amide bonds. The number of hydrogen-bond donors (Lipinski definition) is 0. The molecular weight excluding hydrogens is 250 g/mol. The van der Waals surface area contributed by atoms with Crippen molar-refractivity contribution in [2.45, 2.75) is 30.5 Å². The third-order valence-electron chi connectivity index (χ3n) is 5.15. The molecule has 0 N–H and O–H groups in total. The number of alkyl halides is 6. The summed E-state index contributed by atoms with van der Waals surface area (Å²) in [5, 5.41) is 0. The van der Waals surface area contributed by atoms with E-state index in [1.165, 1.54) is 0 Å². The second-order valence-corrected chi connectivity index (χ2v) is 5.56. The molecule has 0 spiro atoms. The molecule has 5 rings (SSSR count). The van der Waals surface area contributed by atoms with Gasteiger partial charge in [-0.15, -0.1) is 0 Å². The SMILES string of the molecule is FC(F)(F)C1(C(F)(F)F)OC2C3C4C1[C@H]2C[C@H]34. The van der Waals surface area contributed by atoms with E-state index in [9.17, 15) is 26.3 Å². The maximum Gasteiger partial charge on any atom is 0.426 e. The Balaban J connectivity index is 1.86. The highest BCUT2D eigenvalue weighted by Crippen LogP contribution is 2.83. The number of hydrogen-bond acceptors (Lipinski definition) is 1. The fourth-order valence-electron chi connectivity index (χ4n) is 4.79. The van der Waals surface area contributed by atoms with Gasteiger partial charge in [0, 0.05) is 5.92 Å². The van der Waals surface area contributed by atoms with Crippen LogP contribution in [-0.2, 0) is 4.74 Å². The molecule has 1 saturated heterocycles. The molecule has 1 heterocycles. The number of ether oxygens (including phenoxy) is 1. The molecule has 6 atom stereocenters. The fraction of sp³-hybridized carbons (Fsp3) is 1.00. The highest BCUT2D eigenvalue weighted by molar-refractivity contribution is 5.31. The van der Waals surface area contributed by atoms with E-state index in [4.69, 9.17) is 0 Å². The molecule has 0 aromatic rings. The Labute approximate surface area is 92.1 Å². The summed E-state index contributed by atoms with van der Waals surface area (Å²) in [7, 11) is 0. The van der Waals surface area contributed by atoms with Gasteiger partial charge in [-0.25, -0.2) is 0 Å². The van der Waals surface area contributed by atoms with E-state index >= 15 is 0 Å². The first-order chi connectivity index (χ1) is 7.70. The molecule has 0 aromatic heterocycles. The lowest BCUT2D eigenvalue weighted by Gasteiger charge is -2.39. The van der Waals surface area contributed by atoms with E-state index in [2.05, 4.69) is 4.74 Å². The standard InChI is InChI=1S/C10H8F6O/c11-9(12,13)8(10(14,15)16)6-3-1-2-4(6)5(2)7(3)17-8/h2-7H,1H2/t2-,3+,4?,5?,6?,7?/m0/s1. The van der Waals surface area contributed by atoms with Gasteiger partial charge in [0.1, 0.15) is 0 Å². The van der Waals surface area contributed by atoms with E-state index in [1.807, 2.05) is 0 Å². The van der Waals surface area contributed by atoms with Crippen molar-refractivity contribution in [3.63, 3.8) is 0 Å². The molecule has 0 aromatic carbocycles. The van der Waals surface area contributed by atoms with E-state index in [0.29, 0.717) is 6.42 Å². The largest absolute Gasteiger partial charge is 0.426 e. The molecule has 5 aliphatic rings. The van der Waals surface area contributed by atoms with Crippen LogP contribution in [0.5, 0.6) is 0 Å². The van der Waals surface area contributed by atoms with E-state index in [-0.39, 0.29) is 11.8 Å². The number of halogens is 6. The number of rotatable bonds is 0. The Kier molecular flexibility index (Phi) is 1.43. The zero-order valence-corrected chi connectivity index (χ0v) is 8.35. The van der Waals surface area contributed by atoms with Gasteiger partial charge in [0.05, 0.1) is 6.10 Å². The lowest BCUT2D eigenvalue weighted by atomic mass is 9.81. The van der Waals surface area contributed by atoms with E-state index < -0.39 is 41.8 Å². The van der Waals surface area contributed by atoms with Gasteiger partial charge in [0.25, 0.3) is 5.60 Å². The minimum atomic E-state index is -5.37. The van der Waals surface area contributed by atoms with Gasteiger partial charge in [-0.05, 0) is 30.1 Å². The molecular formula is C10H8F6O. The van der Waals surface area contributed by atoms with Crippen LogP contribution in [0.2, 0.25) is 0 Å². The van der Waals surface area contributed by atoms with Crippen LogP contribution < -0.4 is 0 Å². The molecule has 0 radical (unpaired) electrons. The first-order valence-corrected chi connectivity index (χ1v) is 5.51. The molecule has 17 heavy (non-hydrogen) atoms. The Morgan fingerprint density at radius 2 is 1.47 bits per heavy atom. The average molecular weight is 258 g/mol. The predicted molar refractivity (Wildman–Crippen MR) is 41.8 cm³/mol. The van der Waals surface area contributed by atoms with Crippen LogP contribution in [-0.4, -0.2) is 24.1 Å². The van der Waals surface area contributed by atoms with Gasteiger partial charge < -0.3 is 4.74 Å². The topological polar surface area (TPSA) is 9.23 Å². The van der Waals surface area contributed by atoms with Crippen molar-refractivity contribution in [2.24, 2.45) is 29.6 Å². The highest BCUT2D eigenvalue weighted by atomic mass is 19.4. The second kappa shape index (κ2) is 2.33. The summed E-state index contributed by atoms with van der Waals surface area (Å²) in [5.74, 6) is -2.29. The van der Waals surface area contributed by atoms with Crippen molar-refractivity contribution in [3.8, 4) is 0 Å². The molecule has 4 aliphatic carbocycles. The zero-order valence-electron chi connectivity index (χ0n) is 8.35. The fourth-order valence-corrected chi connectivity index (χ4v) is 4.79. The zero-order chi connectivity index (χ0) is 12.4. The summed E-state index contributed by atoms with van der Waals surface area (Å²) in [4.78, 5) is 0. The minimum absolute atomic E-state index is 0.0252. The lowest BCUT2D eigenvalue weighted by molar-refractivity contribution is -0.393. The summed E-state index contributed by atoms with van der Waals surface area (Å²) >= 11 is 0. The van der Waals surface area contributed by atoms with Gasteiger partial charge in [-0.2, -0.15) is 26.3 Å². The van der Waals surface area contributed by atoms with E-state index in [1.54, 1.807) is 0 Å². The van der Waals surface area contributed by atoms with Gasteiger partial charge >= 0.3 is 12.4 Å². The molecule has 4 saturated carbocycles. The van der Waals surface area contributed by atoms with Crippen LogP contribution in [0.25, 0.3) is 0 Å². The maximum absolute atomic E-state index is 12.9. The molecule has 6 bridgehead atoms. The van der Waals surface area contributed by atoms with Gasteiger partial charge in [0.15, 0.2) is 0 Å². The molecule has 5 fully saturated rings. The Morgan fingerprint density at radius 1 is 0.882 bits per heavy atom. The van der Waals surface area contributed by atoms with Crippen LogP contribution >= 0.6 is 0 Å². The predicted octanol–water partition coefficient (Wildman–Crippen LogP) is 2.76. The summed E-state index contributed by atoms with van der Waals surface area (Å²) in [6.07, 6.45) is -11.1. The minimum Gasteiger partial charge on any atom is -0.354 e. The summed E-state index contributed by atoms with van der Waals surface area (Å²) < 4.78 is 82.0. The Morgan fingerprint density at radius 3 is 1.82 bits per heavy atom. The summed E-state index contributed by atoms with van der Waals surface area (Å²) in [6.45, 7) is 0. The van der Waals surface area contributed by atoms with Gasteiger partial charge in [-0.3, -0.25) is 0 Å². The molecule has 96 valence electrons. The highest BCUT2D eigenvalue weighted by Gasteiger charge is 2.92. The van der Waals surface area contributed by atoms with Crippen molar-refractivity contribution < 1.29 is 31.1 Å². The Bertz CT molecular complexity index is 385. The third kappa shape index (κ3) is 0.831. The first kappa shape index (κ1) is 10.5. The molecule has 4 unspecified atom stereocenters. The van der Waals surface area contributed by atoms with Crippen LogP contribution in [0, 0.1) is 29.6 Å². The van der Waals surface area contributed by atoms with Gasteiger partial charge in [0.2, 0.25) is 0 Å². The normalized spacial score (nSPS) is 53.3. The second-order valence-electron chi connectivity index (χ2n) is 5.56. The van der Waals surface area contributed by atoms with Crippen molar-refractivity contribution in [1.82, 2.24) is 0 Å². The van der Waals surface area contributed by atoms with Crippen LogP contribution in [0.4, 0.5) is 26.3 Å². The van der Waals surface area contributed by atoms with Crippen molar-refractivity contribution in [2.75, 3.05) is 0 Å². The quantitative estimate of drug-likeness (QED) is 0.607. The maximum atomic E-state index is 12.9. The van der Waals surface area contributed by atoms with E-state index in [0.717, 1.165) is 0 Å². The summed E-state index contributed by atoms with van der Waals surface area (Å²) in [5.41, 5.74) is -3.89. The van der Waals surface area contributed by atoms with Crippen molar-refractivity contribution >= 4 is 0 Å². The monoisotopic (exact) mass is 258 g/mol. The lowest BCUT2D eigenvalue weighted by Crippen LogP contribution is -2.62. The Hall–Kier alpha value is -0.460. The molecule has 1 aliphatic heterocycles.